The first-order valence-corrected chi connectivity index (χ1v) is 6.42. The van der Waals surface area contributed by atoms with E-state index in [1.807, 2.05) is 44.1 Å². The quantitative estimate of drug-likeness (QED) is 0.909. The van der Waals surface area contributed by atoms with E-state index in [1.165, 1.54) is 17.7 Å². The zero-order valence-corrected chi connectivity index (χ0v) is 11.9. The topological polar surface area (TPSA) is 15.3 Å². The summed E-state index contributed by atoms with van der Waals surface area (Å²) in [5.74, 6) is -1.11. The molecular formula is C16H18F2N2. The second-order valence-corrected chi connectivity index (χ2v) is 5.03. The number of aryl methyl sites for hydroxylation is 1. The monoisotopic (exact) mass is 276 g/mol. The van der Waals surface area contributed by atoms with Gasteiger partial charge in [-0.3, -0.25) is 0 Å². The first-order chi connectivity index (χ1) is 9.45. The molecule has 0 saturated heterocycles. The van der Waals surface area contributed by atoms with Crippen molar-refractivity contribution < 1.29 is 8.78 Å². The van der Waals surface area contributed by atoms with Crippen molar-refractivity contribution in [3.05, 3.63) is 59.2 Å². The Hall–Kier alpha value is -2.10. The van der Waals surface area contributed by atoms with Crippen molar-refractivity contribution in [1.29, 1.82) is 0 Å². The second-order valence-electron chi connectivity index (χ2n) is 5.03. The average Bonchev–Trinajstić information content (AvgIpc) is 2.36. The molecule has 0 amide bonds. The molecule has 0 aromatic heterocycles. The van der Waals surface area contributed by atoms with E-state index in [2.05, 4.69) is 5.32 Å². The third-order valence-corrected chi connectivity index (χ3v) is 3.11. The maximum Gasteiger partial charge on any atom is 0.126 e. The van der Waals surface area contributed by atoms with Crippen molar-refractivity contribution in [2.24, 2.45) is 0 Å². The smallest absolute Gasteiger partial charge is 0.126 e. The lowest BCUT2D eigenvalue weighted by Crippen LogP contribution is -2.11. The molecule has 2 aromatic carbocycles. The summed E-state index contributed by atoms with van der Waals surface area (Å²) in [7, 11) is 3.96. The fourth-order valence-electron chi connectivity index (χ4n) is 2.12. The van der Waals surface area contributed by atoms with Gasteiger partial charge in [0, 0.05) is 38.1 Å². The lowest BCUT2D eigenvalue weighted by molar-refractivity contribution is 0.580. The molecule has 0 bridgehead atoms. The van der Waals surface area contributed by atoms with Gasteiger partial charge in [0.25, 0.3) is 0 Å². The number of hydrogen-bond acceptors (Lipinski definition) is 2. The van der Waals surface area contributed by atoms with E-state index < -0.39 is 11.6 Å². The maximum absolute atomic E-state index is 13.1. The summed E-state index contributed by atoms with van der Waals surface area (Å²) < 4.78 is 26.2. The number of hydrogen-bond donors (Lipinski definition) is 1. The van der Waals surface area contributed by atoms with Crippen LogP contribution in [0.5, 0.6) is 0 Å². The molecule has 1 N–H and O–H groups in total. The van der Waals surface area contributed by atoms with Gasteiger partial charge in [-0.25, -0.2) is 8.78 Å². The molecule has 0 saturated carbocycles. The van der Waals surface area contributed by atoms with E-state index in [4.69, 9.17) is 0 Å². The molecule has 2 nitrogen and oxygen atoms in total. The molecule has 0 aliphatic rings. The van der Waals surface area contributed by atoms with Crippen LogP contribution in [0.1, 0.15) is 11.1 Å². The summed E-state index contributed by atoms with van der Waals surface area (Å²) in [6.07, 6.45) is 0. The van der Waals surface area contributed by atoms with Gasteiger partial charge in [-0.15, -0.1) is 0 Å². The predicted molar refractivity (Wildman–Crippen MR) is 79.2 cm³/mol. The van der Waals surface area contributed by atoms with Crippen molar-refractivity contribution in [3.63, 3.8) is 0 Å². The highest BCUT2D eigenvalue weighted by Crippen LogP contribution is 2.23. The van der Waals surface area contributed by atoms with Crippen molar-refractivity contribution in [3.8, 4) is 0 Å². The number of nitrogens with zero attached hydrogens (tertiary/aromatic N) is 1. The number of rotatable bonds is 4. The van der Waals surface area contributed by atoms with E-state index in [0.29, 0.717) is 12.1 Å². The molecule has 2 rings (SSSR count). The Kier molecular flexibility index (Phi) is 4.23. The molecule has 0 aliphatic heterocycles. The number of nitrogens with one attached hydrogen (secondary N) is 1. The van der Waals surface area contributed by atoms with Crippen LogP contribution in [0.4, 0.5) is 20.2 Å². The van der Waals surface area contributed by atoms with Gasteiger partial charge < -0.3 is 10.2 Å². The SMILES string of the molecule is Cc1ccc(NCc2cc(F)cc(F)c2)cc1N(C)C. The van der Waals surface area contributed by atoms with Crippen LogP contribution in [0.3, 0.4) is 0 Å². The molecule has 106 valence electrons. The minimum Gasteiger partial charge on any atom is -0.381 e. The fourth-order valence-corrected chi connectivity index (χ4v) is 2.12. The summed E-state index contributed by atoms with van der Waals surface area (Å²) in [4.78, 5) is 2.03. The minimum absolute atomic E-state index is 0.380. The molecule has 0 heterocycles. The first-order valence-electron chi connectivity index (χ1n) is 6.42. The normalized spacial score (nSPS) is 10.4. The summed E-state index contributed by atoms with van der Waals surface area (Å²) in [6.45, 7) is 2.42. The lowest BCUT2D eigenvalue weighted by Gasteiger charge is -2.17. The average molecular weight is 276 g/mol. The Bertz CT molecular complexity index is 589. The van der Waals surface area contributed by atoms with Gasteiger partial charge in [-0.1, -0.05) is 6.07 Å². The molecule has 2 aromatic rings. The summed E-state index contributed by atoms with van der Waals surface area (Å²) >= 11 is 0. The van der Waals surface area contributed by atoms with Gasteiger partial charge in [-0.2, -0.15) is 0 Å². The van der Waals surface area contributed by atoms with Crippen LogP contribution in [-0.4, -0.2) is 14.1 Å². The van der Waals surface area contributed by atoms with Crippen molar-refractivity contribution >= 4 is 11.4 Å². The van der Waals surface area contributed by atoms with Gasteiger partial charge in [0.1, 0.15) is 11.6 Å². The fraction of sp³-hybridized carbons (Fsp3) is 0.250. The van der Waals surface area contributed by atoms with E-state index in [1.54, 1.807) is 0 Å². The van der Waals surface area contributed by atoms with Crippen molar-refractivity contribution in [2.75, 3.05) is 24.3 Å². The van der Waals surface area contributed by atoms with Crippen LogP contribution in [0.2, 0.25) is 0 Å². The van der Waals surface area contributed by atoms with Gasteiger partial charge in [0.05, 0.1) is 0 Å². The predicted octanol–water partition coefficient (Wildman–Crippen LogP) is 3.95. The molecule has 4 heteroatoms. The Morgan fingerprint density at radius 3 is 2.25 bits per heavy atom. The van der Waals surface area contributed by atoms with Crippen LogP contribution < -0.4 is 10.2 Å². The summed E-state index contributed by atoms with van der Waals surface area (Å²) in [6, 6.07) is 9.53. The van der Waals surface area contributed by atoms with Gasteiger partial charge in [0.2, 0.25) is 0 Å². The lowest BCUT2D eigenvalue weighted by atomic mass is 10.1. The molecular weight excluding hydrogens is 258 g/mol. The molecule has 0 aliphatic carbocycles. The number of benzene rings is 2. The highest BCUT2D eigenvalue weighted by atomic mass is 19.1. The Labute approximate surface area is 118 Å². The molecule has 0 fully saturated rings. The zero-order valence-electron chi connectivity index (χ0n) is 11.9. The minimum atomic E-state index is -0.556. The van der Waals surface area contributed by atoms with E-state index in [-0.39, 0.29) is 0 Å². The molecule has 0 radical (unpaired) electrons. The first kappa shape index (κ1) is 14.3. The Balaban J connectivity index is 2.12. The van der Waals surface area contributed by atoms with Crippen LogP contribution in [0, 0.1) is 18.6 Å². The highest BCUT2D eigenvalue weighted by molar-refractivity contribution is 5.61. The van der Waals surface area contributed by atoms with Crippen LogP contribution in [-0.2, 0) is 6.54 Å². The Morgan fingerprint density at radius 1 is 1.00 bits per heavy atom. The summed E-state index contributed by atoms with van der Waals surface area (Å²) in [5, 5.41) is 3.18. The molecule has 20 heavy (non-hydrogen) atoms. The van der Waals surface area contributed by atoms with Crippen LogP contribution >= 0.6 is 0 Å². The number of halogens is 2. The van der Waals surface area contributed by atoms with Crippen LogP contribution in [0.25, 0.3) is 0 Å². The largest absolute Gasteiger partial charge is 0.381 e. The van der Waals surface area contributed by atoms with Gasteiger partial charge >= 0.3 is 0 Å². The number of anilines is 2. The molecule has 0 unspecified atom stereocenters. The van der Waals surface area contributed by atoms with Crippen LogP contribution in [0.15, 0.2) is 36.4 Å². The van der Waals surface area contributed by atoms with Crippen molar-refractivity contribution in [1.82, 2.24) is 0 Å². The third kappa shape index (κ3) is 3.47. The Morgan fingerprint density at radius 2 is 1.65 bits per heavy atom. The van der Waals surface area contributed by atoms with E-state index >= 15 is 0 Å². The third-order valence-electron chi connectivity index (χ3n) is 3.11. The van der Waals surface area contributed by atoms with E-state index in [0.717, 1.165) is 17.4 Å². The molecule has 0 spiro atoms. The standard InChI is InChI=1S/C16H18F2N2/c1-11-4-5-15(9-16(11)20(2)3)19-10-12-6-13(17)8-14(18)7-12/h4-9,19H,10H2,1-3H3. The van der Waals surface area contributed by atoms with Gasteiger partial charge in [-0.05, 0) is 42.3 Å². The highest BCUT2D eigenvalue weighted by Gasteiger charge is 2.04. The van der Waals surface area contributed by atoms with Crippen molar-refractivity contribution in [2.45, 2.75) is 13.5 Å². The summed E-state index contributed by atoms with van der Waals surface area (Å²) in [5.41, 5.74) is 3.79. The zero-order chi connectivity index (χ0) is 14.7. The second kappa shape index (κ2) is 5.90. The maximum atomic E-state index is 13.1. The van der Waals surface area contributed by atoms with Gasteiger partial charge in [0.15, 0.2) is 0 Å². The van der Waals surface area contributed by atoms with E-state index in [9.17, 15) is 8.78 Å². The molecule has 0 atom stereocenters.